The molecule has 0 radical (unpaired) electrons. The maximum atomic E-state index is 12.5. The SMILES string of the molecule is O=C(O)c1ccc(SC(F)(F)F)c(SC(F)(F)F)c1SC(F)(F)F. The molecule has 1 N–H and O–H groups in total. The molecule has 0 aliphatic heterocycles. The van der Waals surface area contributed by atoms with Crippen molar-refractivity contribution in [1.82, 2.24) is 0 Å². The van der Waals surface area contributed by atoms with Gasteiger partial charge in [-0.1, -0.05) is 0 Å². The highest BCUT2D eigenvalue weighted by atomic mass is 32.2. The van der Waals surface area contributed by atoms with Crippen molar-refractivity contribution in [3.8, 4) is 0 Å². The van der Waals surface area contributed by atoms with E-state index in [0.29, 0.717) is 12.1 Å². The van der Waals surface area contributed by atoms with Crippen LogP contribution in [0.3, 0.4) is 0 Å². The maximum absolute atomic E-state index is 12.5. The topological polar surface area (TPSA) is 37.3 Å². The van der Waals surface area contributed by atoms with Crippen molar-refractivity contribution in [2.45, 2.75) is 31.2 Å². The molecular weight excluding hydrogens is 419 g/mol. The lowest BCUT2D eigenvalue weighted by Gasteiger charge is -2.18. The Morgan fingerprint density at radius 2 is 1.17 bits per heavy atom. The van der Waals surface area contributed by atoms with Crippen molar-refractivity contribution in [2.24, 2.45) is 0 Å². The molecule has 0 heterocycles. The van der Waals surface area contributed by atoms with Crippen LogP contribution in [0, 0.1) is 0 Å². The Labute approximate surface area is 140 Å². The number of alkyl halides is 9. The van der Waals surface area contributed by atoms with Crippen LogP contribution >= 0.6 is 35.3 Å². The standard InChI is InChI=1S/C10H3F9O2S3/c11-8(12,13)22-4-2-1-3(7(20)21)5(23-9(14,15)16)6(4)24-10(17,18)19/h1-2H,(H,20,21). The van der Waals surface area contributed by atoms with E-state index in [1.165, 1.54) is 0 Å². The first kappa shape index (κ1) is 21.2. The van der Waals surface area contributed by atoms with Crippen molar-refractivity contribution < 1.29 is 49.4 Å². The summed E-state index contributed by atoms with van der Waals surface area (Å²) in [5.41, 5.74) is -16.7. The molecule has 0 atom stereocenters. The summed E-state index contributed by atoms with van der Waals surface area (Å²) in [6.45, 7) is 0. The van der Waals surface area contributed by atoms with Gasteiger partial charge >= 0.3 is 22.5 Å². The predicted octanol–water partition coefficient (Wildman–Crippen LogP) is 6.22. The second-order valence-electron chi connectivity index (χ2n) is 3.72. The number of thioether (sulfide) groups is 3. The number of rotatable bonds is 4. The number of carboxylic acid groups (broad SMARTS) is 1. The molecule has 24 heavy (non-hydrogen) atoms. The Balaban J connectivity index is 3.62. The first-order valence-electron chi connectivity index (χ1n) is 5.26. The summed E-state index contributed by atoms with van der Waals surface area (Å²) in [4.78, 5) is 6.82. The van der Waals surface area contributed by atoms with Crippen molar-refractivity contribution in [1.29, 1.82) is 0 Å². The average molecular weight is 422 g/mol. The first-order valence-corrected chi connectivity index (χ1v) is 7.71. The third kappa shape index (κ3) is 6.93. The maximum Gasteiger partial charge on any atom is 0.446 e. The van der Waals surface area contributed by atoms with Gasteiger partial charge in [-0.2, -0.15) is 39.5 Å². The van der Waals surface area contributed by atoms with Gasteiger partial charge in [-0.3, -0.25) is 0 Å². The minimum absolute atomic E-state index is 0.385. The lowest BCUT2D eigenvalue weighted by molar-refractivity contribution is -0.0352. The van der Waals surface area contributed by atoms with Crippen molar-refractivity contribution in [3.05, 3.63) is 17.7 Å². The highest BCUT2D eigenvalue weighted by molar-refractivity contribution is 8.04. The number of halogens is 9. The van der Waals surface area contributed by atoms with Crippen LogP contribution < -0.4 is 0 Å². The molecule has 0 spiro atoms. The van der Waals surface area contributed by atoms with Crippen LogP contribution in [-0.2, 0) is 0 Å². The molecule has 0 aromatic heterocycles. The number of benzene rings is 1. The second-order valence-corrected chi connectivity index (χ2v) is 6.98. The van der Waals surface area contributed by atoms with Crippen molar-refractivity contribution >= 4 is 41.3 Å². The number of hydrogen-bond acceptors (Lipinski definition) is 4. The summed E-state index contributed by atoms with van der Waals surface area (Å²) in [7, 11) is 0. The molecule has 1 aromatic rings. The van der Waals surface area contributed by atoms with Gasteiger partial charge in [0.1, 0.15) is 0 Å². The molecule has 14 heteroatoms. The molecule has 0 saturated carbocycles. The molecular formula is C10H3F9O2S3. The highest BCUT2D eigenvalue weighted by Crippen LogP contribution is 2.52. The molecule has 0 fully saturated rings. The highest BCUT2D eigenvalue weighted by Gasteiger charge is 2.40. The third-order valence-corrected chi connectivity index (χ3v) is 4.74. The molecule has 1 rings (SSSR count). The fourth-order valence-corrected chi connectivity index (χ4v) is 3.79. The minimum atomic E-state index is -5.22. The van der Waals surface area contributed by atoms with Crippen molar-refractivity contribution in [2.75, 3.05) is 0 Å². The van der Waals surface area contributed by atoms with Gasteiger partial charge in [0.25, 0.3) is 0 Å². The molecule has 2 nitrogen and oxygen atoms in total. The number of aromatic carboxylic acids is 1. The van der Waals surface area contributed by atoms with Gasteiger partial charge in [-0.15, -0.1) is 0 Å². The molecule has 0 saturated heterocycles. The van der Waals surface area contributed by atoms with Crippen LogP contribution in [0.1, 0.15) is 10.4 Å². The molecule has 0 amide bonds. The third-order valence-electron chi connectivity index (χ3n) is 1.97. The predicted molar refractivity (Wildman–Crippen MR) is 69.1 cm³/mol. The van der Waals surface area contributed by atoms with Crippen LogP contribution in [0.4, 0.5) is 39.5 Å². The number of hydrogen-bond donors (Lipinski definition) is 1. The summed E-state index contributed by atoms with van der Waals surface area (Å²) in [5.74, 6) is -2.01. The van der Waals surface area contributed by atoms with E-state index < -0.39 is 78.0 Å². The summed E-state index contributed by atoms with van der Waals surface area (Å²) < 4.78 is 112. The monoisotopic (exact) mass is 422 g/mol. The molecule has 0 unspecified atom stereocenters. The fraction of sp³-hybridized carbons (Fsp3) is 0.300. The van der Waals surface area contributed by atoms with E-state index in [0.717, 1.165) is 0 Å². The van der Waals surface area contributed by atoms with Crippen molar-refractivity contribution in [3.63, 3.8) is 0 Å². The van der Waals surface area contributed by atoms with Crippen LogP contribution in [0.25, 0.3) is 0 Å². The van der Waals surface area contributed by atoms with Crippen LogP contribution in [0.2, 0.25) is 0 Å². The summed E-state index contributed by atoms with van der Waals surface area (Å²) in [6.07, 6.45) is 0. The number of carbonyl (C=O) groups is 1. The van der Waals surface area contributed by atoms with Gasteiger partial charge < -0.3 is 5.11 Å². The Morgan fingerprint density at radius 1 is 0.750 bits per heavy atom. The van der Waals surface area contributed by atoms with Gasteiger partial charge in [-0.05, 0) is 47.4 Å². The van der Waals surface area contributed by atoms with Crippen LogP contribution in [0.5, 0.6) is 0 Å². The minimum Gasteiger partial charge on any atom is -0.478 e. The molecule has 0 bridgehead atoms. The van der Waals surface area contributed by atoms with Gasteiger partial charge in [0.05, 0.1) is 5.56 Å². The van der Waals surface area contributed by atoms with E-state index in [9.17, 15) is 44.3 Å². The Bertz CT molecular complexity index is 622. The molecule has 1 aromatic carbocycles. The summed E-state index contributed by atoms with van der Waals surface area (Å²) in [5, 5.41) is 8.81. The largest absolute Gasteiger partial charge is 0.478 e. The van der Waals surface area contributed by atoms with E-state index >= 15 is 0 Å². The van der Waals surface area contributed by atoms with Crippen LogP contribution in [-0.4, -0.2) is 27.6 Å². The number of carboxylic acids is 1. The van der Waals surface area contributed by atoms with Crippen LogP contribution in [0.15, 0.2) is 26.8 Å². The van der Waals surface area contributed by atoms with E-state index in [2.05, 4.69) is 0 Å². The zero-order chi connectivity index (χ0) is 18.9. The molecule has 0 aliphatic carbocycles. The zero-order valence-electron chi connectivity index (χ0n) is 10.6. The van der Waals surface area contributed by atoms with E-state index in [1.807, 2.05) is 0 Å². The zero-order valence-corrected chi connectivity index (χ0v) is 13.1. The Kier molecular flexibility index (Phi) is 6.31. The lowest BCUT2D eigenvalue weighted by atomic mass is 10.2. The van der Waals surface area contributed by atoms with Gasteiger partial charge in [0, 0.05) is 14.7 Å². The average Bonchev–Trinajstić information content (AvgIpc) is 2.27. The van der Waals surface area contributed by atoms with Gasteiger partial charge in [0.15, 0.2) is 0 Å². The fourth-order valence-electron chi connectivity index (χ4n) is 1.35. The molecule has 136 valence electrons. The first-order chi connectivity index (χ1) is 10.6. The Hall–Kier alpha value is -0.890. The van der Waals surface area contributed by atoms with E-state index in [-0.39, 0.29) is 0 Å². The van der Waals surface area contributed by atoms with E-state index in [1.54, 1.807) is 0 Å². The quantitative estimate of drug-likeness (QED) is 0.461. The lowest BCUT2D eigenvalue weighted by Crippen LogP contribution is -2.10. The summed E-state index contributed by atoms with van der Waals surface area (Å²) in [6, 6.07) is 0.779. The normalized spacial score (nSPS) is 13.2. The van der Waals surface area contributed by atoms with E-state index in [4.69, 9.17) is 5.11 Å². The summed E-state index contributed by atoms with van der Waals surface area (Å²) >= 11 is -3.52. The van der Waals surface area contributed by atoms with Gasteiger partial charge in [0.2, 0.25) is 0 Å². The van der Waals surface area contributed by atoms with Gasteiger partial charge in [-0.25, -0.2) is 4.79 Å². The second kappa shape index (κ2) is 7.15. The molecule has 0 aliphatic rings. The smallest absolute Gasteiger partial charge is 0.446 e. The Morgan fingerprint density at radius 3 is 1.54 bits per heavy atom.